The second-order valence-corrected chi connectivity index (χ2v) is 8.77. The highest BCUT2D eigenvalue weighted by molar-refractivity contribution is 6.00. The molecule has 7 nitrogen and oxygen atoms in total. The lowest BCUT2D eigenvalue weighted by Crippen LogP contribution is -2.46. The van der Waals surface area contributed by atoms with E-state index >= 15 is 0 Å². The van der Waals surface area contributed by atoms with Crippen LogP contribution in [-0.2, 0) is 23.2 Å². The van der Waals surface area contributed by atoms with E-state index in [0.29, 0.717) is 18.8 Å². The van der Waals surface area contributed by atoms with Crippen LogP contribution in [-0.4, -0.2) is 38.7 Å². The number of aryl methyl sites for hydroxylation is 2. The minimum Gasteiger partial charge on any atom is -0.352 e. The van der Waals surface area contributed by atoms with E-state index in [4.69, 9.17) is 5.10 Å². The summed E-state index contributed by atoms with van der Waals surface area (Å²) in [5.41, 5.74) is 3.00. The van der Waals surface area contributed by atoms with Crippen LogP contribution in [0.1, 0.15) is 44.9 Å². The zero-order valence-electron chi connectivity index (χ0n) is 18.0. The summed E-state index contributed by atoms with van der Waals surface area (Å²) >= 11 is 0. The Balaban J connectivity index is 1.40. The van der Waals surface area contributed by atoms with Gasteiger partial charge in [-0.1, -0.05) is 43.9 Å². The molecule has 7 heteroatoms. The number of carbonyl (C=O) groups is 2. The summed E-state index contributed by atoms with van der Waals surface area (Å²) in [6, 6.07) is 10.4. The molecule has 1 aliphatic carbocycles. The number of rotatable bonds is 4. The van der Waals surface area contributed by atoms with E-state index in [1.54, 1.807) is 4.90 Å². The molecule has 3 heterocycles. The molecular weight excluding hydrogens is 390 g/mol. The van der Waals surface area contributed by atoms with E-state index in [-0.39, 0.29) is 24.4 Å². The van der Waals surface area contributed by atoms with Crippen molar-refractivity contribution < 1.29 is 9.59 Å². The van der Waals surface area contributed by atoms with Crippen molar-refractivity contribution >= 4 is 28.5 Å². The Morgan fingerprint density at radius 2 is 1.94 bits per heavy atom. The van der Waals surface area contributed by atoms with Crippen LogP contribution in [0.5, 0.6) is 0 Å². The third-order valence-corrected chi connectivity index (χ3v) is 6.57. The fourth-order valence-corrected chi connectivity index (χ4v) is 4.94. The normalized spacial score (nSPS) is 17.6. The molecule has 31 heavy (non-hydrogen) atoms. The largest absolute Gasteiger partial charge is 0.352 e. The van der Waals surface area contributed by atoms with Crippen molar-refractivity contribution in [1.29, 1.82) is 0 Å². The third-order valence-electron chi connectivity index (χ3n) is 6.57. The van der Waals surface area contributed by atoms with Gasteiger partial charge in [0.25, 0.3) is 0 Å². The number of amides is 2. The summed E-state index contributed by atoms with van der Waals surface area (Å²) < 4.78 is 3.95. The summed E-state index contributed by atoms with van der Waals surface area (Å²) in [5.74, 6) is 0.602. The quantitative estimate of drug-likeness (QED) is 0.657. The first-order chi connectivity index (χ1) is 15.1. The molecule has 2 amide bonds. The highest BCUT2D eigenvalue weighted by atomic mass is 16.2. The van der Waals surface area contributed by atoms with Gasteiger partial charge in [-0.05, 0) is 18.9 Å². The maximum Gasteiger partial charge on any atom is 0.240 e. The van der Waals surface area contributed by atoms with Gasteiger partial charge in [-0.25, -0.2) is 4.68 Å². The Morgan fingerprint density at radius 3 is 2.74 bits per heavy atom. The number of carbonyl (C=O) groups excluding carboxylic acids is 2. The Morgan fingerprint density at radius 1 is 1.16 bits per heavy atom. The Labute approximate surface area is 182 Å². The Hall–Kier alpha value is -3.09. The number of hydrogen-bond acceptors (Lipinski definition) is 3. The standard InChI is InChI=1S/C24H29N5O2/c1-27-15-19(18-10-6-7-11-21(18)27)20-14-23-28(24(31)12-13-29(23)26-20)16-22(30)25-17-8-4-2-3-5-9-17/h6-7,10-11,14-15,17H,2-5,8-9,12-13,16H2,1H3,(H,25,30). The maximum atomic E-state index is 12.8. The average molecular weight is 420 g/mol. The van der Waals surface area contributed by atoms with Crippen molar-refractivity contribution in [3.8, 4) is 11.3 Å². The lowest BCUT2D eigenvalue weighted by Gasteiger charge is -2.27. The Bertz CT molecular complexity index is 1120. The first-order valence-corrected chi connectivity index (χ1v) is 11.3. The van der Waals surface area contributed by atoms with E-state index in [9.17, 15) is 9.59 Å². The van der Waals surface area contributed by atoms with Gasteiger partial charge in [-0.3, -0.25) is 14.5 Å². The maximum absolute atomic E-state index is 12.8. The van der Waals surface area contributed by atoms with Gasteiger partial charge < -0.3 is 9.88 Å². The van der Waals surface area contributed by atoms with Gasteiger partial charge in [0.05, 0.1) is 12.2 Å². The smallest absolute Gasteiger partial charge is 0.240 e. The molecule has 2 aliphatic rings. The van der Waals surface area contributed by atoms with Gasteiger partial charge in [0, 0.05) is 48.2 Å². The predicted molar refractivity (Wildman–Crippen MR) is 121 cm³/mol. The van der Waals surface area contributed by atoms with Crippen LogP contribution in [0.4, 0.5) is 5.82 Å². The first kappa shape index (κ1) is 19.8. The van der Waals surface area contributed by atoms with Gasteiger partial charge in [-0.2, -0.15) is 5.10 Å². The molecule has 3 aromatic rings. The van der Waals surface area contributed by atoms with Crippen molar-refractivity contribution in [3.05, 3.63) is 36.5 Å². The lowest BCUT2D eigenvalue weighted by atomic mass is 10.1. The van der Waals surface area contributed by atoms with Crippen molar-refractivity contribution in [3.63, 3.8) is 0 Å². The van der Waals surface area contributed by atoms with Crippen LogP contribution in [0.2, 0.25) is 0 Å². The topological polar surface area (TPSA) is 72.2 Å². The van der Waals surface area contributed by atoms with Gasteiger partial charge in [-0.15, -0.1) is 0 Å². The molecule has 2 aromatic heterocycles. The van der Waals surface area contributed by atoms with Crippen molar-refractivity contribution in [1.82, 2.24) is 19.7 Å². The number of hydrogen-bond donors (Lipinski definition) is 1. The fraction of sp³-hybridized carbons (Fsp3) is 0.458. The molecule has 0 bridgehead atoms. The van der Waals surface area contributed by atoms with E-state index < -0.39 is 0 Å². The third kappa shape index (κ3) is 3.84. The van der Waals surface area contributed by atoms with E-state index in [0.717, 1.165) is 47.8 Å². The van der Waals surface area contributed by atoms with Crippen LogP contribution in [0.25, 0.3) is 22.2 Å². The molecule has 0 saturated heterocycles. The number of anilines is 1. The highest BCUT2D eigenvalue weighted by Crippen LogP contribution is 2.33. The molecule has 1 fully saturated rings. The molecular formula is C24H29N5O2. The average Bonchev–Trinajstić information content (AvgIpc) is 3.23. The van der Waals surface area contributed by atoms with E-state index in [1.807, 2.05) is 29.9 Å². The van der Waals surface area contributed by atoms with Crippen LogP contribution >= 0.6 is 0 Å². The molecule has 0 unspecified atom stereocenters. The molecule has 0 atom stereocenters. The van der Waals surface area contributed by atoms with Crippen LogP contribution in [0.3, 0.4) is 0 Å². The minimum atomic E-state index is -0.0818. The summed E-state index contributed by atoms with van der Waals surface area (Å²) in [5, 5.41) is 9.07. The molecule has 1 aliphatic heterocycles. The molecule has 0 radical (unpaired) electrons. The van der Waals surface area contributed by atoms with E-state index in [1.165, 1.54) is 12.8 Å². The zero-order chi connectivity index (χ0) is 21.4. The van der Waals surface area contributed by atoms with E-state index in [2.05, 4.69) is 28.2 Å². The second kappa shape index (κ2) is 8.21. The molecule has 1 N–H and O–H groups in total. The van der Waals surface area contributed by atoms with Gasteiger partial charge in [0.1, 0.15) is 12.4 Å². The lowest BCUT2D eigenvalue weighted by molar-refractivity contribution is -0.124. The number of aromatic nitrogens is 3. The highest BCUT2D eigenvalue weighted by Gasteiger charge is 2.29. The molecule has 0 spiro atoms. The molecule has 1 saturated carbocycles. The molecule has 162 valence electrons. The summed E-state index contributed by atoms with van der Waals surface area (Å²) in [4.78, 5) is 27.1. The molecule has 1 aromatic carbocycles. The van der Waals surface area contributed by atoms with Crippen molar-refractivity contribution in [2.75, 3.05) is 11.4 Å². The molecule has 5 rings (SSSR count). The van der Waals surface area contributed by atoms with Crippen LogP contribution in [0.15, 0.2) is 36.5 Å². The monoisotopic (exact) mass is 419 g/mol. The first-order valence-electron chi connectivity index (χ1n) is 11.3. The number of nitrogens with one attached hydrogen (secondary N) is 1. The van der Waals surface area contributed by atoms with Gasteiger partial charge in [0.15, 0.2) is 0 Å². The summed E-state index contributed by atoms with van der Waals surface area (Å²) in [7, 11) is 2.02. The van der Waals surface area contributed by atoms with Crippen LogP contribution < -0.4 is 10.2 Å². The number of para-hydroxylation sites is 1. The number of benzene rings is 1. The number of fused-ring (bicyclic) bond motifs is 2. The van der Waals surface area contributed by atoms with Gasteiger partial charge in [0.2, 0.25) is 11.8 Å². The van der Waals surface area contributed by atoms with Crippen LogP contribution in [0, 0.1) is 0 Å². The zero-order valence-corrected chi connectivity index (χ0v) is 18.0. The summed E-state index contributed by atoms with van der Waals surface area (Å²) in [6.07, 6.45) is 9.31. The second-order valence-electron chi connectivity index (χ2n) is 8.77. The van der Waals surface area contributed by atoms with Crippen molar-refractivity contribution in [2.45, 2.75) is 57.5 Å². The SMILES string of the molecule is Cn1cc(-c2cc3n(n2)CCC(=O)N3CC(=O)NC2CCCCCC2)c2ccccc21. The predicted octanol–water partition coefficient (Wildman–Crippen LogP) is 3.62. The number of nitrogens with zero attached hydrogens (tertiary/aromatic N) is 4. The van der Waals surface area contributed by atoms with Crippen molar-refractivity contribution in [2.24, 2.45) is 7.05 Å². The fourth-order valence-electron chi connectivity index (χ4n) is 4.94. The van der Waals surface area contributed by atoms with Gasteiger partial charge >= 0.3 is 0 Å². The minimum absolute atomic E-state index is 0.0205. The Kier molecular flexibility index (Phi) is 5.26. The summed E-state index contributed by atoms with van der Waals surface area (Å²) in [6.45, 7) is 0.593.